The smallest absolute Gasteiger partial charge is 0.309 e. The van der Waals surface area contributed by atoms with E-state index in [-0.39, 0.29) is 0 Å². The minimum Gasteiger partial charge on any atom is -0.481 e. The second kappa shape index (κ2) is 5.64. The molecule has 3 aliphatic rings. The highest BCUT2D eigenvalue weighted by Crippen LogP contribution is 2.38. The maximum atomic E-state index is 11.6. The predicted octanol–water partition coefficient (Wildman–Crippen LogP) is 2.19. The van der Waals surface area contributed by atoms with Crippen LogP contribution in [0.5, 0.6) is 0 Å². The Morgan fingerprint density at radius 3 is 2.35 bits per heavy atom. The van der Waals surface area contributed by atoms with Gasteiger partial charge in [0, 0.05) is 25.2 Å². The molecule has 0 amide bonds. The Kier molecular flexibility index (Phi) is 4.04. The molecule has 0 aromatic carbocycles. The van der Waals surface area contributed by atoms with Crippen molar-refractivity contribution in [3.63, 3.8) is 0 Å². The summed E-state index contributed by atoms with van der Waals surface area (Å²) in [4.78, 5) is 16.8. The standard InChI is InChI=1S/C16H28N2O2/c1-2-6-16(15(19)20)7-10-17(11-8-16)14-5-9-18(12-14)13-3-4-13/h13-14H,2-12H2,1H3,(H,19,20). The molecule has 3 fully saturated rings. The van der Waals surface area contributed by atoms with Gasteiger partial charge in [-0.05, 0) is 51.6 Å². The highest BCUT2D eigenvalue weighted by atomic mass is 16.4. The Balaban J connectivity index is 1.54. The summed E-state index contributed by atoms with van der Waals surface area (Å²) in [7, 11) is 0. The van der Waals surface area contributed by atoms with Crippen molar-refractivity contribution in [2.45, 2.75) is 64.0 Å². The van der Waals surface area contributed by atoms with E-state index in [1.165, 1.54) is 32.4 Å². The van der Waals surface area contributed by atoms with Gasteiger partial charge in [0.25, 0.3) is 0 Å². The van der Waals surface area contributed by atoms with Crippen LogP contribution < -0.4 is 0 Å². The molecule has 20 heavy (non-hydrogen) atoms. The summed E-state index contributed by atoms with van der Waals surface area (Å²) >= 11 is 0. The van der Waals surface area contributed by atoms with E-state index < -0.39 is 11.4 Å². The van der Waals surface area contributed by atoms with Crippen molar-refractivity contribution < 1.29 is 9.90 Å². The molecule has 0 bridgehead atoms. The molecule has 1 atom stereocenters. The van der Waals surface area contributed by atoms with Gasteiger partial charge in [0.1, 0.15) is 0 Å². The molecule has 4 heteroatoms. The molecule has 1 saturated carbocycles. The molecule has 3 rings (SSSR count). The van der Waals surface area contributed by atoms with E-state index in [4.69, 9.17) is 0 Å². The summed E-state index contributed by atoms with van der Waals surface area (Å²) in [6.07, 6.45) is 7.58. The Morgan fingerprint density at radius 2 is 1.80 bits per heavy atom. The van der Waals surface area contributed by atoms with E-state index in [0.29, 0.717) is 6.04 Å². The number of nitrogens with zero attached hydrogens (tertiary/aromatic N) is 2. The van der Waals surface area contributed by atoms with Gasteiger partial charge in [0.05, 0.1) is 5.41 Å². The lowest BCUT2D eigenvalue weighted by molar-refractivity contribution is -0.153. The fraction of sp³-hybridized carbons (Fsp3) is 0.938. The van der Waals surface area contributed by atoms with Crippen molar-refractivity contribution in [2.75, 3.05) is 26.2 Å². The van der Waals surface area contributed by atoms with E-state index in [0.717, 1.165) is 44.8 Å². The number of hydrogen-bond donors (Lipinski definition) is 1. The molecule has 1 aliphatic carbocycles. The van der Waals surface area contributed by atoms with Gasteiger partial charge in [-0.3, -0.25) is 14.6 Å². The molecule has 0 spiro atoms. The van der Waals surface area contributed by atoms with Crippen LogP contribution in [-0.2, 0) is 4.79 Å². The van der Waals surface area contributed by atoms with Crippen LogP contribution in [0.4, 0.5) is 0 Å². The molecule has 114 valence electrons. The average molecular weight is 280 g/mol. The van der Waals surface area contributed by atoms with Crippen LogP contribution in [0.3, 0.4) is 0 Å². The van der Waals surface area contributed by atoms with Crippen molar-refractivity contribution in [1.29, 1.82) is 0 Å². The van der Waals surface area contributed by atoms with Gasteiger partial charge in [0.2, 0.25) is 0 Å². The summed E-state index contributed by atoms with van der Waals surface area (Å²) in [6, 6.07) is 1.56. The summed E-state index contributed by atoms with van der Waals surface area (Å²) in [6.45, 7) is 6.54. The number of piperidine rings is 1. The van der Waals surface area contributed by atoms with Crippen LogP contribution in [0.15, 0.2) is 0 Å². The van der Waals surface area contributed by atoms with Gasteiger partial charge in [-0.15, -0.1) is 0 Å². The number of rotatable bonds is 5. The Morgan fingerprint density at radius 1 is 1.10 bits per heavy atom. The van der Waals surface area contributed by atoms with E-state index >= 15 is 0 Å². The maximum Gasteiger partial charge on any atom is 0.309 e. The quantitative estimate of drug-likeness (QED) is 0.838. The zero-order valence-corrected chi connectivity index (χ0v) is 12.7. The number of carbonyl (C=O) groups is 1. The first-order chi connectivity index (χ1) is 9.64. The van der Waals surface area contributed by atoms with Gasteiger partial charge in [0.15, 0.2) is 0 Å². The lowest BCUT2D eigenvalue weighted by Gasteiger charge is -2.41. The number of carboxylic acids is 1. The van der Waals surface area contributed by atoms with Crippen LogP contribution >= 0.6 is 0 Å². The molecule has 0 aromatic rings. The lowest BCUT2D eigenvalue weighted by Crippen LogP contribution is -2.48. The van der Waals surface area contributed by atoms with Gasteiger partial charge < -0.3 is 5.11 Å². The zero-order chi connectivity index (χ0) is 14.2. The van der Waals surface area contributed by atoms with Crippen LogP contribution in [-0.4, -0.2) is 59.1 Å². The highest BCUT2D eigenvalue weighted by molar-refractivity contribution is 5.74. The number of likely N-dealkylation sites (tertiary alicyclic amines) is 2. The van der Waals surface area contributed by atoms with Gasteiger partial charge in [-0.25, -0.2) is 0 Å². The third-order valence-electron chi connectivity index (χ3n) is 5.71. The second-order valence-corrected chi connectivity index (χ2v) is 7.04. The maximum absolute atomic E-state index is 11.6. The molecule has 0 aromatic heterocycles. The number of carboxylic acid groups (broad SMARTS) is 1. The van der Waals surface area contributed by atoms with Crippen molar-refractivity contribution in [3.8, 4) is 0 Å². The minimum atomic E-state index is -0.565. The molecule has 4 nitrogen and oxygen atoms in total. The largest absolute Gasteiger partial charge is 0.481 e. The monoisotopic (exact) mass is 280 g/mol. The fourth-order valence-corrected chi connectivity index (χ4v) is 4.20. The van der Waals surface area contributed by atoms with Crippen LogP contribution in [0, 0.1) is 5.41 Å². The van der Waals surface area contributed by atoms with Crippen molar-refractivity contribution in [2.24, 2.45) is 5.41 Å². The van der Waals surface area contributed by atoms with E-state index in [1.54, 1.807) is 0 Å². The molecular weight excluding hydrogens is 252 g/mol. The SMILES string of the molecule is CCCC1(C(=O)O)CCN(C2CCN(C3CC3)C2)CC1. The minimum absolute atomic E-state index is 0.431. The normalized spacial score (nSPS) is 31.6. The Hall–Kier alpha value is -0.610. The van der Waals surface area contributed by atoms with Gasteiger partial charge in [-0.2, -0.15) is 0 Å². The first-order valence-electron chi connectivity index (χ1n) is 8.36. The van der Waals surface area contributed by atoms with Crippen molar-refractivity contribution in [1.82, 2.24) is 9.80 Å². The van der Waals surface area contributed by atoms with Gasteiger partial charge in [-0.1, -0.05) is 13.3 Å². The third kappa shape index (κ3) is 2.73. The van der Waals surface area contributed by atoms with Crippen LogP contribution in [0.1, 0.15) is 51.9 Å². The summed E-state index contributed by atoms with van der Waals surface area (Å²) in [5.74, 6) is -0.565. The number of hydrogen-bond acceptors (Lipinski definition) is 3. The lowest BCUT2D eigenvalue weighted by atomic mass is 9.74. The predicted molar refractivity (Wildman–Crippen MR) is 78.8 cm³/mol. The molecule has 2 aliphatic heterocycles. The zero-order valence-electron chi connectivity index (χ0n) is 12.7. The van der Waals surface area contributed by atoms with Crippen molar-refractivity contribution in [3.05, 3.63) is 0 Å². The Labute approximate surface area is 122 Å². The highest BCUT2D eigenvalue weighted by Gasteiger charge is 2.43. The first-order valence-corrected chi connectivity index (χ1v) is 8.36. The third-order valence-corrected chi connectivity index (χ3v) is 5.71. The fourth-order valence-electron chi connectivity index (χ4n) is 4.20. The van der Waals surface area contributed by atoms with E-state index in [2.05, 4.69) is 16.7 Å². The summed E-state index contributed by atoms with van der Waals surface area (Å²) in [5.41, 5.74) is -0.431. The number of aliphatic carboxylic acids is 1. The van der Waals surface area contributed by atoms with Crippen molar-refractivity contribution >= 4 is 5.97 Å². The molecule has 2 heterocycles. The van der Waals surface area contributed by atoms with E-state index in [1.807, 2.05) is 0 Å². The topological polar surface area (TPSA) is 43.8 Å². The van der Waals surface area contributed by atoms with Gasteiger partial charge >= 0.3 is 5.97 Å². The van der Waals surface area contributed by atoms with E-state index in [9.17, 15) is 9.90 Å². The van der Waals surface area contributed by atoms with Crippen LogP contribution in [0.25, 0.3) is 0 Å². The molecule has 1 N–H and O–H groups in total. The molecular formula is C16H28N2O2. The summed E-state index contributed by atoms with van der Waals surface area (Å²) < 4.78 is 0. The summed E-state index contributed by atoms with van der Waals surface area (Å²) in [5, 5.41) is 9.57. The molecule has 0 radical (unpaired) electrons. The first kappa shape index (κ1) is 14.3. The average Bonchev–Trinajstić information content (AvgIpc) is 3.18. The Bertz CT molecular complexity index is 359. The molecule has 2 saturated heterocycles. The molecule has 1 unspecified atom stereocenters. The van der Waals surface area contributed by atoms with Crippen LogP contribution in [0.2, 0.25) is 0 Å². The second-order valence-electron chi connectivity index (χ2n) is 7.04.